The van der Waals surface area contributed by atoms with Gasteiger partial charge >= 0.3 is 5.97 Å². The quantitative estimate of drug-likeness (QED) is 0.399. The topological polar surface area (TPSA) is 66.7 Å². The molecule has 1 atom stereocenters. The summed E-state index contributed by atoms with van der Waals surface area (Å²) in [4.78, 5) is 23.8. The first kappa shape index (κ1) is 11.6. The van der Waals surface area contributed by atoms with Crippen molar-refractivity contribution in [3.63, 3.8) is 0 Å². The van der Waals surface area contributed by atoms with Gasteiger partial charge in [0.05, 0.1) is 6.04 Å². The molecule has 72 valence electrons. The van der Waals surface area contributed by atoms with Crippen molar-refractivity contribution in [2.24, 2.45) is 4.99 Å². The second-order valence-electron chi connectivity index (χ2n) is 2.71. The van der Waals surface area contributed by atoms with Gasteiger partial charge in [-0.15, -0.1) is 0 Å². The van der Waals surface area contributed by atoms with Gasteiger partial charge in [-0.1, -0.05) is 13.0 Å². The van der Waals surface area contributed by atoms with Gasteiger partial charge in [-0.2, -0.15) is 0 Å². The van der Waals surface area contributed by atoms with Gasteiger partial charge < -0.3 is 5.11 Å². The summed E-state index contributed by atoms with van der Waals surface area (Å²) in [5, 5.41) is 8.52. The molecule has 0 bridgehead atoms. The molecule has 0 heterocycles. The molecule has 0 spiro atoms. The highest BCUT2D eigenvalue weighted by molar-refractivity contribution is 5.85. The average Bonchev–Trinajstić information content (AvgIpc) is 2.11. The number of nitrogens with zero attached hydrogens (tertiary/aromatic N) is 1. The van der Waals surface area contributed by atoms with Crippen LogP contribution in [-0.4, -0.2) is 23.2 Å². The molecular formula is C9H13NO3. The molecular weight excluding hydrogens is 170 g/mol. The molecule has 0 aromatic heterocycles. The highest BCUT2D eigenvalue weighted by atomic mass is 16.4. The summed E-state index contributed by atoms with van der Waals surface area (Å²) >= 11 is 0. The lowest BCUT2D eigenvalue weighted by Crippen LogP contribution is -2.02. The van der Waals surface area contributed by atoms with Crippen molar-refractivity contribution >= 4 is 12.0 Å². The van der Waals surface area contributed by atoms with Crippen LogP contribution in [0.4, 0.5) is 0 Å². The third-order valence-corrected chi connectivity index (χ3v) is 1.74. The zero-order valence-electron chi connectivity index (χ0n) is 7.78. The van der Waals surface area contributed by atoms with E-state index in [4.69, 9.17) is 5.11 Å². The summed E-state index contributed by atoms with van der Waals surface area (Å²) in [5.74, 6) is -0.940. The minimum absolute atomic E-state index is 0.146. The molecule has 0 amide bonds. The monoisotopic (exact) mass is 183 g/mol. The first-order chi connectivity index (χ1) is 6.11. The predicted octanol–water partition coefficient (Wildman–Crippen LogP) is 1.52. The fourth-order valence-electron chi connectivity index (χ4n) is 0.785. The molecule has 4 nitrogen and oxygen atoms in total. The molecule has 4 heteroatoms. The fourth-order valence-corrected chi connectivity index (χ4v) is 0.785. The van der Waals surface area contributed by atoms with Crippen LogP contribution in [0.15, 0.2) is 16.6 Å². The zero-order chi connectivity index (χ0) is 10.3. The van der Waals surface area contributed by atoms with Crippen molar-refractivity contribution < 1.29 is 14.7 Å². The maximum absolute atomic E-state index is 10.4. The van der Waals surface area contributed by atoms with Crippen molar-refractivity contribution in [1.29, 1.82) is 0 Å². The van der Waals surface area contributed by atoms with E-state index in [1.54, 1.807) is 6.08 Å². The van der Waals surface area contributed by atoms with Crippen LogP contribution in [0.5, 0.6) is 0 Å². The number of aliphatic imine (C=N–C) groups is 1. The highest BCUT2D eigenvalue weighted by Crippen LogP contribution is 2.05. The largest absolute Gasteiger partial charge is 0.478 e. The maximum atomic E-state index is 10.4. The third-order valence-electron chi connectivity index (χ3n) is 1.74. The first-order valence-corrected chi connectivity index (χ1v) is 4.08. The average molecular weight is 183 g/mol. The van der Waals surface area contributed by atoms with E-state index in [1.807, 2.05) is 6.92 Å². The summed E-state index contributed by atoms with van der Waals surface area (Å²) in [6, 6.07) is -0.146. The summed E-state index contributed by atoms with van der Waals surface area (Å²) in [5.41, 5.74) is 0.277. The molecule has 0 aromatic carbocycles. The number of carboxylic acid groups (broad SMARTS) is 1. The molecule has 0 aliphatic rings. The molecule has 0 aliphatic carbocycles. The molecule has 0 radical (unpaired) electrons. The van der Waals surface area contributed by atoms with Crippen molar-refractivity contribution in [3.8, 4) is 0 Å². The van der Waals surface area contributed by atoms with E-state index < -0.39 is 5.97 Å². The van der Waals surface area contributed by atoms with E-state index in [0.717, 1.165) is 0 Å². The molecule has 0 saturated carbocycles. The van der Waals surface area contributed by atoms with Crippen molar-refractivity contribution in [2.45, 2.75) is 32.7 Å². The number of carboxylic acids is 1. The summed E-state index contributed by atoms with van der Waals surface area (Å²) in [7, 11) is 0. The van der Waals surface area contributed by atoms with E-state index in [2.05, 4.69) is 4.99 Å². The van der Waals surface area contributed by atoms with Crippen LogP contribution >= 0.6 is 0 Å². The molecule has 13 heavy (non-hydrogen) atoms. The Bertz CT molecular complexity index is 252. The van der Waals surface area contributed by atoms with E-state index >= 15 is 0 Å². The maximum Gasteiger partial charge on any atom is 0.330 e. The van der Waals surface area contributed by atoms with Gasteiger partial charge in [0.15, 0.2) is 0 Å². The van der Waals surface area contributed by atoms with Crippen LogP contribution in [-0.2, 0) is 9.59 Å². The van der Waals surface area contributed by atoms with Crippen LogP contribution in [0.3, 0.4) is 0 Å². The van der Waals surface area contributed by atoms with Gasteiger partial charge in [0.1, 0.15) is 0 Å². The number of isocyanates is 1. The Labute approximate surface area is 77.0 Å². The fraction of sp³-hybridized carbons (Fsp3) is 0.556. The summed E-state index contributed by atoms with van der Waals surface area (Å²) in [6.07, 6.45) is 4.22. The number of hydrogen-bond donors (Lipinski definition) is 1. The van der Waals surface area contributed by atoms with E-state index in [-0.39, 0.29) is 11.6 Å². The Kier molecular flexibility index (Phi) is 5.48. The van der Waals surface area contributed by atoms with Crippen LogP contribution < -0.4 is 0 Å². The Balaban J connectivity index is 4.18. The number of carbonyl (C=O) groups is 1. The van der Waals surface area contributed by atoms with E-state index in [1.165, 1.54) is 13.0 Å². The SMILES string of the molecule is CCC(C/C=C(\C)C(=O)O)N=C=O. The lowest BCUT2D eigenvalue weighted by atomic mass is 10.1. The second-order valence-corrected chi connectivity index (χ2v) is 2.71. The number of rotatable bonds is 5. The molecule has 0 aromatic rings. The van der Waals surface area contributed by atoms with Gasteiger partial charge in [0.25, 0.3) is 0 Å². The van der Waals surface area contributed by atoms with Crippen molar-refractivity contribution in [3.05, 3.63) is 11.6 Å². The van der Waals surface area contributed by atoms with Gasteiger partial charge in [-0.05, 0) is 19.8 Å². The minimum Gasteiger partial charge on any atom is -0.478 e. The standard InChI is InChI=1S/C9H13NO3/c1-3-8(10-6-11)5-4-7(2)9(12)13/h4,8H,3,5H2,1-2H3,(H,12,13)/b7-4+. The van der Waals surface area contributed by atoms with Crippen molar-refractivity contribution in [2.75, 3.05) is 0 Å². The molecule has 0 fully saturated rings. The smallest absolute Gasteiger partial charge is 0.330 e. The third kappa shape index (κ3) is 4.93. The Morgan fingerprint density at radius 3 is 2.69 bits per heavy atom. The van der Waals surface area contributed by atoms with Gasteiger partial charge in [0, 0.05) is 5.57 Å². The second kappa shape index (κ2) is 6.14. The molecule has 0 saturated heterocycles. The predicted molar refractivity (Wildman–Crippen MR) is 48.2 cm³/mol. The lowest BCUT2D eigenvalue weighted by Gasteiger charge is -2.02. The van der Waals surface area contributed by atoms with Gasteiger partial charge in [-0.25, -0.2) is 14.6 Å². The molecule has 1 N–H and O–H groups in total. The van der Waals surface area contributed by atoms with Crippen LogP contribution in [0, 0.1) is 0 Å². The summed E-state index contributed by atoms with van der Waals surface area (Å²) in [6.45, 7) is 3.40. The summed E-state index contributed by atoms with van der Waals surface area (Å²) < 4.78 is 0. The minimum atomic E-state index is -0.940. The first-order valence-electron chi connectivity index (χ1n) is 4.08. The van der Waals surface area contributed by atoms with Crippen LogP contribution in [0.2, 0.25) is 0 Å². The Morgan fingerprint density at radius 2 is 2.31 bits per heavy atom. The Morgan fingerprint density at radius 1 is 1.69 bits per heavy atom. The molecule has 0 rings (SSSR count). The van der Waals surface area contributed by atoms with Crippen LogP contribution in [0.25, 0.3) is 0 Å². The number of hydrogen-bond acceptors (Lipinski definition) is 3. The molecule has 1 unspecified atom stereocenters. The zero-order valence-corrected chi connectivity index (χ0v) is 7.78. The highest BCUT2D eigenvalue weighted by Gasteiger charge is 2.04. The molecule has 0 aliphatic heterocycles. The number of carbonyl (C=O) groups excluding carboxylic acids is 1. The van der Waals surface area contributed by atoms with Gasteiger partial charge in [-0.3, -0.25) is 0 Å². The van der Waals surface area contributed by atoms with E-state index in [9.17, 15) is 9.59 Å². The van der Waals surface area contributed by atoms with Crippen LogP contribution in [0.1, 0.15) is 26.7 Å². The van der Waals surface area contributed by atoms with Gasteiger partial charge in [0.2, 0.25) is 6.08 Å². The van der Waals surface area contributed by atoms with Crippen molar-refractivity contribution in [1.82, 2.24) is 0 Å². The lowest BCUT2D eigenvalue weighted by molar-refractivity contribution is -0.132. The normalized spacial score (nSPS) is 13.2. The number of aliphatic carboxylic acids is 1. The Hall–Kier alpha value is -1.41. The van der Waals surface area contributed by atoms with E-state index in [0.29, 0.717) is 12.8 Å².